The summed E-state index contributed by atoms with van der Waals surface area (Å²) in [6.45, 7) is -4.99. The molecule has 0 aliphatic heterocycles. The first-order valence-corrected chi connectivity index (χ1v) is 10.1. The summed E-state index contributed by atoms with van der Waals surface area (Å²) in [5, 5.41) is 0. The van der Waals surface area contributed by atoms with E-state index < -0.39 is 13.7 Å². The standard InChI is InChI=1S/C19H16N.C11H8N.Ir/c1-14-8-9-17(12-15(14)2)18-10-11-20-19(13-18)16-6-4-3-5-7-16;1-2-6-10(7-3-1)11-8-4-5-9-12-11;/h3-6,8-13H,1-2H3;1-6,8-9H;/q2*-1;/i1D3,2D3;;. The summed E-state index contributed by atoms with van der Waals surface area (Å²) < 4.78 is 45.8. The third kappa shape index (κ3) is 6.55. The third-order valence-electron chi connectivity index (χ3n) is 4.75. The van der Waals surface area contributed by atoms with Crippen molar-refractivity contribution in [2.24, 2.45) is 0 Å². The van der Waals surface area contributed by atoms with Crippen molar-refractivity contribution in [3.8, 4) is 33.6 Å². The number of rotatable bonds is 3. The molecule has 3 aromatic carbocycles. The van der Waals surface area contributed by atoms with Crippen LogP contribution in [0.15, 0.2) is 109 Å². The molecule has 3 heteroatoms. The van der Waals surface area contributed by atoms with Crippen LogP contribution in [0.4, 0.5) is 0 Å². The van der Waals surface area contributed by atoms with Gasteiger partial charge in [-0.05, 0) is 59.5 Å². The number of hydrogen-bond donors (Lipinski definition) is 0. The van der Waals surface area contributed by atoms with Gasteiger partial charge in [-0.3, -0.25) is 0 Å². The second-order valence-corrected chi connectivity index (χ2v) is 6.96. The van der Waals surface area contributed by atoms with Crippen LogP contribution in [0.1, 0.15) is 19.4 Å². The number of nitrogens with zero attached hydrogens (tertiary/aromatic N) is 2. The van der Waals surface area contributed by atoms with Crippen LogP contribution in [-0.4, -0.2) is 9.97 Å². The summed E-state index contributed by atoms with van der Waals surface area (Å²) in [5.41, 5.74) is 4.63. The van der Waals surface area contributed by atoms with E-state index in [9.17, 15) is 0 Å². The van der Waals surface area contributed by atoms with Crippen molar-refractivity contribution in [3.05, 3.63) is 133 Å². The molecule has 0 aliphatic rings. The van der Waals surface area contributed by atoms with E-state index >= 15 is 0 Å². The molecule has 0 saturated heterocycles. The van der Waals surface area contributed by atoms with Crippen molar-refractivity contribution in [1.29, 1.82) is 0 Å². The van der Waals surface area contributed by atoms with Gasteiger partial charge in [-0.1, -0.05) is 36.4 Å². The van der Waals surface area contributed by atoms with Crippen LogP contribution >= 0.6 is 0 Å². The molecule has 5 aromatic rings. The molecule has 5 rings (SSSR count). The number of pyridine rings is 2. The molecule has 0 spiro atoms. The molecule has 2 nitrogen and oxygen atoms in total. The zero-order valence-electron chi connectivity index (χ0n) is 23.6. The molecule has 0 saturated carbocycles. The summed E-state index contributed by atoms with van der Waals surface area (Å²) in [5.74, 6) is 0. The van der Waals surface area contributed by atoms with Gasteiger partial charge in [0.2, 0.25) is 0 Å². The summed E-state index contributed by atoms with van der Waals surface area (Å²) in [6, 6.07) is 35.4. The fourth-order valence-electron chi connectivity index (χ4n) is 3.11. The maximum absolute atomic E-state index is 7.70. The predicted octanol–water partition coefficient (Wildman–Crippen LogP) is 7.38. The largest absolute Gasteiger partial charge is 0.305 e. The van der Waals surface area contributed by atoms with Gasteiger partial charge in [-0.2, -0.15) is 0 Å². The Morgan fingerprint density at radius 1 is 0.606 bits per heavy atom. The molecule has 0 amide bonds. The minimum atomic E-state index is -2.51. The van der Waals surface area contributed by atoms with Gasteiger partial charge in [0.05, 0.1) is 0 Å². The average Bonchev–Trinajstić information content (AvgIpc) is 2.94. The fraction of sp³-hybridized carbons (Fsp3) is 0.0667. The van der Waals surface area contributed by atoms with Gasteiger partial charge in [0.15, 0.2) is 0 Å². The van der Waals surface area contributed by atoms with E-state index in [2.05, 4.69) is 22.1 Å². The topological polar surface area (TPSA) is 25.8 Å². The summed E-state index contributed by atoms with van der Waals surface area (Å²) >= 11 is 0. The first-order valence-electron chi connectivity index (χ1n) is 13.1. The average molecular weight is 611 g/mol. The molecule has 2 heterocycles. The van der Waals surface area contributed by atoms with Gasteiger partial charge in [-0.15, -0.1) is 71.8 Å². The zero-order chi connectivity index (χ0) is 27.2. The Hall–Kier alpha value is -3.39. The fourth-order valence-corrected chi connectivity index (χ4v) is 3.11. The van der Waals surface area contributed by atoms with Crippen molar-refractivity contribution in [2.45, 2.75) is 13.7 Å². The van der Waals surface area contributed by atoms with Gasteiger partial charge in [0.1, 0.15) is 0 Å². The van der Waals surface area contributed by atoms with Crippen molar-refractivity contribution >= 4 is 0 Å². The van der Waals surface area contributed by atoms with E-state index in [-0.39, 0.29) is 31.2 Å². The SMILES string of the molecule is [2H]C([2H])([2H])c1ccc(-c2ccnc(-c3[c-]cccc3)c2)cc1C([2H])([2H])[2H].[Ir].[c-]1ccccc1-c1ccccn1. The van der Waals surface area contributed by atoms with E-state index in [1.165, 1.54) is 12.1 Å². The van der Waals surface area contributed by atoms with Crippen molar-refractivity contribution in [1.82, 2.24) is 9.97 Å². The monoisotopic (exact) mass is 611 g/mol. The molecule has 33 heavy (non-hydrogen) atoms. The molecule has 0 unspecified atom stereocenters. The quantitative estimate of drug-likeness (QED) is 0.199. The van der Waals surface area contributed by atoms with Crippen molar-refractivity contribution < 1.29 is 28.3 Å². The van der Waals surface area contributed by atoms with E-state index in [0.29, 0.717) is 11.3 Å². The minimum absolute atomic E-state index is 0. The van der Waals surface area contributed by atoms with E-state index in [1.54, 1.807) is 30.6 Å². The van der Waals surface area contributed by atoms with Gasteiger partial charge in [0, 0.05) is 40.7 Å². The molecule has 2 aromatic heterocycles. The van der Waals surface area contributed by atoms with Gasteiger partial charge < -0.3 is 9.97 Å². The molecule has 0 fully saturated rings. The Kier molecular flexibility index (Phi) is 6.24. The van der Waals surface area contributed by atoms with Crippen LogP contribution in [-0.2, 0) is 20.1 Å². The summed E-state index contributed by atoms with van der Waals surface area (Å²) in [6.07, 6.45) is 3.42. The Morgan fingerprint density at radius 2 is 1.27 bits per heavy atom. The Morgan fingerprint density at radius 3 is 1.91 bits per heavy atom. The number of benzene rings is 3. The van der Waals surface area contributed by atoms with Gasteiger partial charge in [-0.25, -0.2) is 0 Å². The van der Waals surface area contributed by atoms with Crippen LogP contribution in [0.25, 0.3) is 33.6 Å². The molecule has 0 bridgehead atoms. The molecular weight excluding hydrogens is 581 g/mol. The van der Waals surface area contributed by atoms with Crippen LogP contribution < -0.4 is 0 Å². The maximum atomic E-state index is 7.70. The third-order valence-corrected chi connectivity index (χ3v) is 4.75. The van der Waals surface area contributed by atoms with E-state index in [4.69, 9.17) is 8.22 Å². The normalized spacial score (nSPS) is 13.3. The molecule has 0 N–H and O–H groups in total. The zero-order valence-corrected chi connectivity index (χ0v) is 20.0. The first kappa shape index (κ1) is 17.1. The molecule has 165 valence electrons. The minimum Gasteiger partial charge on any atom is -0.305 e. The van der Waals surface area contributed by atoms with E-state index in [0.717, 1.165) is 22.4 Å². The molecule has 0 atom stereocenters. The second-order valence-electron chi connectivity index (χ2n) is 6.96. The predicted molar refractivity (Wildman–Crippen MR) is 132 cm³/mol. The van der Waals surface area contributed by atoms with Crippen molar-refractivity contribution in [3.63, 3.8) is 0 Å². The Balaban J connectivity index is 0.000000270. The molecular formula is C30H24IrN2-2. The summed E-state index contributed by atoms with van der Waals surface area (Å²) in [4.78, 5) is 8.55. The Labute approximate surface area is 218 Å². The maximum Gasteiger partial charge on any atom is 0.0280 e. The Bertz CT molecular complexity index is 1440. The number of hydrogen-bond acceptors (Lipinski definition) is 2. The molecule has 1 radical (unpaired) electrons. The van der Waals surface area contributed by atoms with Crippen LogP contribution in [0.2, 0.25) is 0 Å². The van der Waals surface area contributed by atoms with Crippen LogP contribution in [0.5, 0.6) is 0 Å². The number of aryl methyl sites for hydroxylation is 2. The smallest absolute Gasteiger partial charge is 0.0280 e. The van der Waals surface area contributed by atoms with E-state index in [1.807, 2.05) is 66.7 Å². The van der Waals surface area contributed by atoms with Gasteiger partial charge >= 0.3 is 0 Å². The van der Waals surface area contributed by atoms with Crippen LogP contribution in [0, 0.1) is 25.8 Å². The van der Waals surface area contributed by atoms with Crippen LogP contribution in [0.3, 0.4) is 0 Å². The molecule has 0 aliphatic carbocycles. The van der Waals surface area contributed by atoms with Gasteiger partial charge in [0.25, 0.3) is 0 Å². The second kappa shape index (κ2) is 12.0. The van der Waals surface area contributed by atoms with Crippen molar-refractivity contribution in [2.75, 3.05) is 0 Å². The number of aromatic nitrogens is 2. The summed E-state index contributed by atoms with van der Waals surface area (Å²) in [7, 11) is 0. The first-order chi connectivity index (χ1) is 18.1.